The molecule has 0 bridgehead atoms. The minimum Gasteiger partial charge on any atom is -0.465 e. The van der Waals surface area contributed by atoms with Crippen LogP contribution in [-0.4, -0.2) is 41.2 Å². The topological polar surface area (TPSA) is 92.8 Å². The molecule has 1 heterocycles. The van der Waals surface area contributed by atoms with Crippen molar-refractivity contribution in [1.82, 2.24) is 4.90 Å². The van der Waals surface area contributed by atoms with Gasteiger partial charge in [-0.15, -0.1) is 0 Å². The van der Waals surface area contributed by atoms with Crippen molar-refractivity contribution in [1.29, 1.82) is 0 Å². The molecule has 2 aromatic carbocycles. The number of hydrogen-bond donors (Lipinski definition) is 1. The number of hydrogen-bond acceptors (Lipinski definition) is 5. The number of nitrogens with one attached hydrogen (secondary N) is 1. The third-order valence-electron chi connectivity index (χ3n) is 4.73. The van der Waals surface area contributed by atoms with Gasteiger partial charge in [0.2, 0.25) is 0 Å². The van der Waals surface area contributed by atoms with E-state index in [1.165, 1.54) is 36.3 Å². The maximum absolute atomic E-state index is 12.7. The molecule has 0 atom stereocenters. The largest absolute Gasteiger partial charge is 0.465 e. The minimum atomic E-state index is -0.666. The van der Waals surface area contributed by atoms with Crippen molar-refractivity contribution < 1.29 is 23.9 Å². The van der Waals surface area contributed by atoms with Crippen molar-refractivity contribution in [2.45, 2.75) is 33.2 Å². The first kappa shape index (κ1) is 20.3. The van der Waals surface area contributed by atoms with E-state index in [-0.39, 0.29) is 22.6 Å². The molecule has 1 aliphatic heterocycles. The average Bonchev–Trinajstić information content (AvgIpc) is 2.92. The van der Waals surface area contributed by atoms with Crippen LogP contribution < -0.4 is 5.32 Å². The maximum atomic E-state index is 12.7. The van der Waals surface area contributed by atoms with Crippen molar-refractivity contribution in [3.05, 3.63) is 64.2 Å². The number of ether oxygens (including phenoxy) is 1. The summed E-state index contributed by atoms with van der Waals surface area (Å²) in [6, 6.07) is 9.27. The lowest BCUT2D eigenvalue weighted by molar-refractivity contribution is 0.0506. The third kappa shape index (κ3) is 3.63. The van der Waals surface area contributed by atoms with E-state index in [2.05, 4.69) is 5.32 Å². The van der Waals surface area contributed by atoms with Crippen molar-refractivity contribution >= 4 is 29.4 Å². The summed E-state index contributed by atoms with van der Waals surface area (Å²) < 4.78 is 4.70. The highest BCUT2D eigenvalue weighted by Crippen LogP contribution is 2.30. The zero-order valence-corrected chi connectivity index (χ0v) is 17.0. The van der Waals surface area contributed by atoms with E-state index < -0.39 is 23.3 Å². The highest BCUT2D eigenvalue weighted by Gasteiger charge is 2.42. The molecule has 1 aliphatic rings. The molecule has 29 heavy (non-hydrogen) atoms. The van der Waals surface area contributed by atoms with Crippen LogP contribution in [0.5, 0.6) is 0 Å². The Labute approximate surface area is 168 Å². The molecule has 0 spiro atoms. The van der Waals surface area contributed by atoms with Crippen LogP contribution in [0.4, 0.5) is 5.69 Å². The molecule has 0 aromatic heterocycles. The van der Waals surface area contributed by atoms with E-state index in [0.717, 1.165) is 5.56 Å². The number of esters is 1. The van der Waals surface area contributed by atoms with Gasteiger partial charge >= 0.3 is 5.97 Å². The second-order valence-electron chi connectivity index (χ2n) is 7.85. The second-order valence-corrected chi connectivity index (χ2v) is 7.85. The highest BCUT2D eigenvalue weighted by molar-refractivity contribution is 6.22. The fourth-order valence-corrected chi connectivity index (χ4v) is 3.19. The Morgan fingerprint density at radius 1 is 0.931 bits per heavy atom. The van der Waals surface area contributed by atoms with E-state index in [1.807, 2.05) is 0 Å². The van der Waals surface area contributed by atoms with Gasteiger partial charge in [0.15, 0.2) is 0 Å². The summed E-state index contributed by atoms with van der Waals surface area (Å²) in [6.07, 6.45) is 0. The zero-order valence-electron chi connectivity index (χ0n) is 17.0. The van der Waals surface area contributed by atoms with Gasteiger partial charge in [-0.3, -0.25) is 19.3 Å². The van der Waals surface area contributed by atoms with Gasteiger partial charge in [0, 0.05) is 16.8 Å². The monoisotopic (exact) mass is 394 g/mol. The van der Waals surface area contributed by atoms with Gasteiger partial charge < -0.3 is 10.1 Å². The molecule has 0 unspecified atom stereocenters. The number of nitrogens with zero attached hydrogens (tertiary/aromatic N) is 1. The average molecular weight is 394 g/mol. The van der Waals surface area contributed by atoms with Crippen LogP contribution in [0.2, 0.25) is 0 Å². The third-order valence-corrected chi connectivity index (χ3v) is 4.73. The molecule has 1 N–H and O–H groups in total. The molecule has 7 heteroatoms. The Balaban J connectivity index is 1.90. The van der Waals surface area contributed by atoms with Gasteiger partial charge in [0.05, 0.1) is 23.8 Å². The number of aryl methyl sites for hydroxylation is 1. The lowest BCUT2D eigenvalue weighted by atomic mass is 10.0. The molecular formula is C22H22N2O5. The number of imide groups is 1. The molecule has 0 saturated heterocycles. The summed E-state index contributed by atoms with van der Waals surface area (Å²) in [5.74, 6) is -1.75. The Hall–Kier alpha value is -3.48. The number of anilines is 1. The fourth-order valence-electron chi connectivity index (χ4n) is 3.19. The van der Waals surface area contributed by atoms with Crippen LogP contribution in [0.25, 0.3) is 0 Å². The Morgan fingerprint density at radius 3 is 2.17 bits per heavy atom. The first-order valence-electron chi connectivity index (χ1n) is 9.08. The van der Waals surface area contributed by atoms with Gasteiger partial charge in [-0.2, -0.15) is 0 Å². The van der Waals surface area contributed by atoms with Gasteiger partial charge in [0.1, 0.15) is 0 Å². The fraction of sp³-hybridized carbons (Fsp3) is 0.273. The van der Waals surface area contributed by atoms with Gasteiger partial charge in [-0.1, -0.05) is 6.07 Å². The molecular weight excluding hydrogens is 372 g/mol. The number of carbonyl (C=O) groups excluding carboxylic acids is 4. The quantitative estimate of drug-likeness (QED) is 0.636. The number of benzene rings is 2. The van der Waals surface area contributed by atoms with E-state index in [1.54, 1.807) is 39.8 Å². The van der Waals surface area contributed by atoms with Crippen LogP contribution in [-0.2, 0) is 4.74 Å². The molecule has 3 amide bonds. The highest BCUT2D eigenvalue weighted by atomic mass is 16.5. The summed E-state index contributed by atoms with van der Waals surface area (Å²) >= 11 is 0. The molecule has 2 aromatic rings. The maximum Gasteiger partial charge on any atom is 0.337 e. The summed E-state index contributed by atoms with van der Waals surface area (Å²) in [5.41, 5.74) is 1.59. The van der Waals surface area contributed by atoms with Gasteiger partial charge in [-0.25, -0.2) is 4.79 Å². The summed E-state index contributed by atoms with van der Waals surface area (Å²) in [4.78, 5) is 51.0. The number of carbonyl (C=O) groups is 4. The van der Waals surface area contributed by atoms with Crippen molar-refractivity contribution in [2.24, 2.45) is 0 Å². The molecule has 150 valence electrons. The van der Waals surface area contributed by atoms with Gasteiger partial charge in [0.25, 0.3) is 17.7 Å². The van der Waals surface area contributed by atoms with Crippen molar-refractivity contribution in [3.8, 4) is 0 Å². The molecule has 0 saturated carbocycles. The number of rotatable bonds is 3. The molecule has 0 radical (unpaired) electrons. The lowest BCUT2D eigenvalue weighted by Gasteiger charge is -2.29. The van der Waals surface area contributed by atoms with Crippen LogP contribution in [0.15, 0.2) is 36.4 Å². The van der Waals surface area contributed by atoms with Crippen LogP contribution in [0, 0.1) is 6.92 Å². The van der Waals surface area contributed by atoms with Crippen molar-refractivity contribution in [2.75, 3.05) is 12.4 Å². The second kappa shape index (κ2) is 7.16. The van der Waals surface area contributed by atoms with E-state index >= 15 is 0 Å². The Bertz CT molecular complexity index is 1050. The first-order chi connectivity index (χ1) is 13.5. The number of fused-ring (bicyclic) bond motifs is 1. The Morgan fingerprint density at radius 2 is 1.55 bits per heavy atom. The van der Waals surface area contributed by atoms with Crippen LogP contribution in [0.1, 0.15) is 67.8 Å². The lowest BCUT2D eigenvalue weighted by Crippen LogP contribution is -2.45. The standard InChI is InChI=1S/C22H22N2O5/c1-12-6-7-14(21(28)29-5)11-17(12)23-18(25)13-8-9-15-16(10-13)20(27)24(19(15)26)22(2,3)4/h6-11H,1-5H3,(H,23,25). The SMILES string of the molecule is COC(=O)c1ccc(C)c(NC(=O)c2ccc3c(c2)C(=O)N(C(C)(C)C)C3=O)c1. The summed E-state index contributed by atoms with van der Waals surface area (Å²) in [7, 11) is 1.28. The van der Waals surface area contributed by atoms with Crippen LogP contribution in [0.3, 0.4) is 0 Å². The molecule has 7 nitrogen and oxygen atoms in total. The smallest absolute Gasteiger partial charge is 0.337 e. The predicted molar refractivity (Wildman–Crippen MR) is 107 cm³/mol. The normalized spacial score (nSPS) is 13.3. The minimum absolute atomic E-state index is 0.206. The van der Waals surface area contributed by atoms with Crippen LogP contribution >= 0.6 is 0 Å². The van der Waals surface area contributed by atoms with E-state index in [4.69, 9.17) is 4.74 Å². The molecule has 0 fully saturated rings. The predicted octanol–water partition coefficient (Wildman–Crippen LogP) is 3.43. The molecule has 3 rings (SSSR count). The summed E-state index contributed by atoms with van der Waals surface area (Å²) in [6.45, 7) is 7.13. The van der Waals surface area contributed by atoms with Crippen molar-refractivity contribution in [3.63, 3.8) is 0 Å². The van der Waals surface area contributed by atoms with E-state index in [0.29, 0.717) is 11.3 Å². The Kier molecular flexibility index (Phi) is 5.00. The van der Waals surface area contributed by atoms with Gasteiger partial charge in [-0.05, 0) is 63.6 Å². The van der Waals surface area contributed by atoms with E-state index in [9.17, 15) is 19.2 Å². The molecule has 0 aliphatic carbocycles. The zero-order chi connectivity index (χ0) is 21.5. The first-order valence-corrected chi connectivity index (χ1v) is 9.08. The summed E-state index contributed by atoms with van der Waals surface area (Å²) in [5, 5.41) is 2.75. The number of amides is 3. The number of methoxy groups -OCH3 is 1.